The van der Waals surface area contributed by atoms with Gasteiger partial charge in [0.2, 0.25) is 0 Å². The molecule has 2 aromatic rings. The van der Waals surface area contributed by atoms with E-state index in [1.807, 2.05) is 17.0 Å². The lowest BCUT2D eigenvalue weighted by Gasteiger charge is -2.21. The number of carbonyl (C=O) groups is 1. The van der Waals surface area contributed by atoms with Crippen molar-refractivity contribution >= 4 is 11.7 Å². The first-order valence-corrected chi connectivity index (χ1v) is 6.97. The topological polar surface area (TPSA) is 70.2 Å². The van der Waals surface area contributed by atoms with Gasteiger partial charge in [-0.15, -0.1) is 0 Å². The quantitative estimate of drug-likeness (QED) is 0.890. The van der Waals surface area contributed by atoms with Crippen molar-refractivity contribution in [3.8, 4) is 5.75 Å². The Hall–Kier alpha value is -2.50. The molecule has 1 aromatic carbocycles. The minimum absolute atomic E-state index is 0.0972. The van der Waals surface area contributed by atoms with Crippen molar-refractivity contribution in [3.05, 3.63) is 41.7 Å². The lowest BCUT2D eigenvalue weighted by molar-refractivity contribution is 0.210. The molecule has 6 heteroatoms. The van der Waals surface area contributed by atoms with Crippen LogP contribution in [-0.4, -0.2) is 34.8 Å². The Morgan fingerprint density at radius 1 is 1.43 bits per heavy atom. The minimum atomic E-state index is -0.0972. The van der Waals surface area contributed by atoms with Crippen molar-refractivity contribution in [1.29, 1.82) is 0 Å². The van der Waals surface area contributed by atoms with E-state index in [1.54, 1.807) is 19.5 Å². The molecule has 110 valence electrons. The molecule has 0 aliphatic carbocycles. The number of nitrogens with one attached hydrogen (secondary N) is 2. The molecular formula is C15H18N4O2. The van der Waals surface area contributed by atoms with Gasteiger partial charge in [0.25, 0.3) is 0 Å². The van der Waals surface area contributed by atoms with Gasteiger partial charge in [-0.25, -0.2) is 4.79 Å². The highest BCUT2D eigenvalue weighted by atomic mass is 16.5. The lowest BCUT2D eigenvalue weighted by atomic mass is 10.0. The molecule has 0 saturated heterocycles. The lowest BCUT2D eigenvalue weighted by Crippen LogP contribution is -2.34. The van der Waals surface area contributed by atoms with E-state index in [0.717, 1.165) is 25.1 Å². The summed E-state index contributed by atoms with van der Waals surface area (Å²) in [5.41, 5.74) is 3.11. The molecule has 0 radical (unpaired) electrons. The fraction of sp³-hybridized carbons (Fsp3) is 0.333. The number of urea groups is 1. The van der Waals surface area contributed by atoms with Gasteiger partial charge in [-0.1, -0.05) is 6.07 Å². The summed E-state index contributed by atoms with van der Waals surface area (Å²) in [6.07, 6.45) is 5.16. The summed E-state index contributed by atoms with van der Waals surface area (Å²) in [4.78, 5) is 14.1. The second-order valence-corrected chi connectivity index (χ2v) is 5.08. The van der Waals surface area contributed by atoms with Crippen LogP contribution in [0.5, 0.6) is 5.75 Å². The molecule has 3 rings (SSSR count). The van der Waals surface area contributed by atoms with Gasteiger partial charge >= 0.3 is 6.03 Å². The van der Waals surface area contributed by atoms with E-state index in [4.69, 9.17) is 4.74 Å². The Bertz CT molecular complexity index is 625. The molecule has 21 heavy (non-hydrogen) atoms. The average molecular weight is 286 g/mol. The monoisotopic (exact) mass is 286 g/mol. The highest BCUT2D eigenvalue weighted by Gasteiger charge is 2.19. The third-order valence-corrected chi connectivity index (χ3v) is 3.69. The highest BCUT2D eigenvalue weighted by Crippen LogP contribution is 2.23. The zero-order valence-corrected chi connectivity index (χ0v) is 11.9. The van der Waals surface area contributed by atoms with E-state index in [-0.39, 0.29) is 6.03 Å². The van der Waals surface area contributed by atoms with Crippen LogP contribution in [0.2, 0.25) is 0 Å². The van der Waals surface area contributed by atoms with Gasteiger partial charge in [0.05, 0.1) is 19.0 Å². The van der Waals surface area contributed by atoms with Crippen LogP contribution in [0, 0.1) is 0 Å². The molecule has 6 nitrogen and oxygen atoms in total. The van der Waals surface area contributed by atoms with E-state index in [0.29, 0.717) is 12.2 Å². The largest absolute Gasteiger partial charge is 0.497 e. The van der Waals surface area contributed by atoms with Crippen molar-refractivity contribution < 1.29 is 9.53 Å². The van der Waals surface area contributed by atoms with Crippen LogP contribution >= 0.6 is 0 Å². The zero-order chi connectivity index (χ0) is 14.7. The first kappa shape index (κ1) is 13.5. The molecule has 2 heterocycles. The van der Waals surface area contributed by atoms with E-state index >= 15 is 0 Å². The van der Waals surface area contributed by atoms with Crippen molar-refractivity contribution in [2.24, 2.45) is 0 Å². The van der Waals surface area contributed by atoms with Crippen LogP contribution in [-0.2, 0) is 13.0 Å². The van der Waals surface area contributed by atoms with Gasteiger partial charge in [0, 0.05) is 19.3 Å². The number of aryl methyl sites for hydroxylation is 1. The number of methoxy groups -OCH3 is 1. The van der Waals surface area contributed by atoms with Gasteiger partial charge in [-0.05, 0) is 36.1 Å². The second-order valence-electron chi connectivity index (χ2n) is 5.08. The standard InChI is InChI=1S/C15H18N4O2/c1-21-14-5-4-12-10-19(6-2-3-11(12)7-14)15(20)18-13-8-16-17-9-13/h4-5,7-9H,2-3,6,10H2,1H3,(H,16,17)(H,18,20). The number of nitrogens with zero attached hydrogens (tertiary/aromatic N) is 2. The number of fused-ring (bicyclic) bond motifs is 1. The predicted octanol–water partition coefficient (Wildman–Crippen LogP) is 2.40. The maximum atomic E-state index is 12.3. The summed E-state index contributed by atoms with van der Waals surface area (Å²) in [5.74, 6) is 0.866. The van der Waals surface area contributed by atoms with Crippen molar-refractivity contribution in [1.82, 2.24) is 15.1 Å². The Kier molecular flexibility index (Phi) is 3.77. The third-order valence-electron chi connectivity index (χ3n) is 3.69. The molecular weight excluding hydrogens is 268 g/mol. The van der Waals surface area contributed by atoms with Gasteiger partial charge in [-0.3, -0.25) is 5.10 Å². The summed E-state index contributed by atoms with van der Waals surface area (Å²) in [6, 6.07) is 5.95. The number of carbonyl (C=O) groups excluding carboxylic acids is 1. The van der Waals surface area contributed by atoms with E-state index < -0.39 is 0 Å². The molecule has 2 N–H and O–H groups in total. The first-order valence-electron chi connectivity index (χ1n) is 6.97. The summed E-state index contributed by atoms with van der Waals surface area (Å²) in [7, 11) is 1.67. The number of hydrogen-bond donors (Lipinski definition) is 2. The molecule has 1 aromatic heterocycles. The second kappa shape index (κ2) is 5.87. The Morgan fingerprint density at radius 2 is 2.33 bits per heavy atom. The molecule has 0 fully saturated rings. The van der Waals surface area contributed by atoms with Crippen molar-refractivity contribution in [2.45, 2.75) is 19.4 Å². The maximum Gasteiger partial charge on any atom is 0.322 e. The summed E-state index contributed by atoms with van der Waals surface area (Å²) in [5, 5.41) is 9.34. The van der Waals surface area contributed by atoms with Crippen LogP contribution in [0.1, 0.15) is 17.5 Å². The third kappa shape index (κ3) is 2.99. The fourth-order valence-corrected chi connectivity index (χ4v) is 2.56. The van der Waals surface area contributed by atoms with Crippen molar-refractivity contribution in [3.63, 3.8) is 0 Å². The number of aromatic nitrogens is 2. The molecule has 0 saturated carbocycles. The normalized spacial score (nSPS) is 14.2. The number of hydrogen-bond acceptors (Lipinski definition) is 3. The van der Waals surface area contributed by atoms with Crippen LogP contribution in [0.15, 0.2) is 30.6 Å². The SMILES string of the molecule is COc1ccc2c(c1)CCCN(C(=O)Nc1cn[nH]c1)C2. The van der Waals surface area contributed by atoms with Gasteiger partial charge < -0.3 is 15.0 Å². The van der Waals surface area contributed by atoms with Crippen LogP contribution in [0.4, 0.5) is 10.5 Å². The highest BCUT2D eigenvalue weighted by molar-refractivity contribution is 5.89. The Labute approximate surface area is 123 Å². The smallest absolute Gasteiger partial charge is 0.322 e. The Balaban J connectivity index is 1.74. The minimum Gasteiger partial charge on any atom is -0.497 e. The summed E-state index contributed by atoms with van der Waals surface area (Å²) >= 11 is 0. The van der Waals surface area contributed by atoms with Gasteiger partial charge in [0.1, 0.15) is 5.75 Å². The molecule has 1 aliphatic rings. The fourth-order valence-electron chi connectivity index (χ4n) is 2.56. The molecule has 0 unspecified atom stereocenters. The van der Waals surface area contributed by atoms with Crippen LogP contribution < -0.4 is 10.1 Å². The number of anilines is 1. The number of aromatic amines is 1. The molecule has 0 spiro atoms. The number of H-pyrrole nitrogens is 1. The number of rotatable bonds is 2. The summed E-state index contributed by atoms with van der Waals surface area (Å²) < 4.78 is 5.26. The number of amides is 2. The molecule has 1 aliphatic heterocycles. The average Bonchev–Trinajstić information content (AvgIpc) is 2.90. The predicted molar refractivity (Wildman–Crippen MR) is 79.3 cm³/mol. The molecule has 0 atom stereocenters. The van der Waals surface area contributed by atoms with E-state index in [1.165, 1.54) is 11.1 Å². The zero-order valence-electron chi connectivity index (χ0n) is 11.9. The molecule has 0 bridgehead atoms. The van der Waals surface area contributed by atoms with Gasteiger partial charge in [0.15, 0.2) is 0 Å². The first-order chi connectivity index (χ1) is 10.3. The number of ether oxygens (including phenoxy) is 1. The maximum absolute atomic E-state index is 12.3. The van der Waals surface area contributed by atoms with Crippen molar-refractivity contribution in [2.75, 3.05) is 19.0 Å². The number of benzene rings is 1. The van der Waals surface area contributed by atoms with Gasteiger partial charge in [-0.2, -0.15) is 5.10 Å². The van der Waals surface area contributed by atoms with E-state index in [9.17, 15) is 4.79 Å². The van der Waals surface area contributed by atoms with E-state index in [2.05, 4.69) is 21.6 Å². The molecule has 2 amide bonds. The Morgan fingerprint density at radius 3 is 3.10 bits per heavy atom. The van der Waals surface area contributed by atoms with Crippen LogP contribution in [0.3, 0.4) is 0 Å². The summed E-state index contributed by atoms with van der Waals surface area (Å²) in [6.45, 7) is 1.35. The van der Waals surface area contributed by atoms with Crippen LogP contribution in [0.25, 0.3) is 0 Å².